The third kappa shape index (κ3) is 1.73. The van der Waals surface area contributed by atoms with E-state index in [1.165, 1.54) is 40.7 Å². The second kappa shape index (κ2) is 4.72. The summed E-state index contributed by atoms with van der Waals surface area (Å²) in [6.45, 7) is 2.33. The first kappa shape index (κ1) is 13.4. The predicted molar refractivity (Wildman–Crippen MR) is 90.8 cm³/mol. The van der Waals surface area contributed by atoms with Crippen molar-refractivity contribution in [3.8, 4) is 0 Å². The second-order valence-electron chi connectivity index (χ2n) is 7.32. The molecule has 6 rings (SSSR count). The monoisotopic (exact) mass is 307 g/mol. The third-order valence-electron chi connectivity index (χ3n) is 6.26. The van der Waals surface area contributed by atoms with Gasteiger partial charge in [-0.25, -0.2) is 4.79 Å². The Morgan fingerprint density at radius 2 is 2.00 bits per heavy atom. The van der Waals surface area contributed by atoms with Crippen LogP contribution in [-0.2, 0) is 10.3 Å². The van der Waals surface area contributed by atoms with Crippen LogP contribution in [0.3, 0.4) is 0 Å². The summed E-state index contributed by atoms with van der Waals surface area (Å²) in [4.78, 5) is 21.6. The highest BCUT2D eigenvalue weighted by atomic mass is 16.1. The van der Waals surface area contributed by atoms with E-state index in [1.807, 2.05) is 6.08 Å². The summed E-state index contributed by atoms with van der Waals surface area (Å²) in [6.07, 6.45) is 8.57. The molecule has 1 saturated carbocycles. The van der Waals surface area contributed by atoms with Gasteiger partial charge >= 0.3 is 0 Å². The number of isocyanates is 1. The number of hydrogen-bond donors (Lipinski definition) is 1. The minimum Gasteiger partial charge on any atom is -0.358 e. The fraction of sp³-hybridized carbons (Fsp3) is 0.526. The van der Waals surface area contributed by atoms with Crippen LogP contribution in [0.25, 0.3) is 10.9 Å². The summed E-state index contributed by atoms with van der Waals surface area (Å²) in [5, 5.41) is 1.35. The molecule has 0 atom stereocenters. The lowest BCUT2D eigenvalue weighted by Gasteiger charge is -2.40. The molecule has 0 spiro atoms. The quantitative estimate of drug-likeness (QED) is 0.674. The molecule has 1 saturated heterocycles. The number of fused-ring (bicyclic) bond motifs is 3. The largest absolute Gasteiger partial charge is 0.358 e. The van der Waals surface area contributed by atoms with Crippen LogP contribution in [0.15, 0.2) is 23.2 Å². The van der Waals surface area contributed by atoms with Crippen molar-refractivity contribution in [2.75, 3.05) is 18.0 Å². The molecule has 1 aromatic heterocycles. The number of piperidine rings is 1. The molecule has 1 aliphatic carbocycles. The van der Waals surface area contributed by atoms with Crippen LogP contribution in [0.5, 0.6) is 0 Å². The summed E-state index contributed by atoms with van der Waals surface area (Å²) in [5.41, 5.74) is 3.55. The summed E-state index contributed by atoms with van der Waals surface area (Å²) < 4.78 is 0. The molecule has 3 aliphatic heterocycles. The van der Waals surface area contributed by atoms with Crippen LogP contribution in [0, 0.1) is 0 Å². The summed E-state index contributed by atoms with van der Waals surface area (Å²) in [7, 11) is 0. The van der Waals surface area contributed by atoms with Crippen molar-refractivity contribution in [1.82, 2.24) is 4.98 Å². The molecular formula is C19H21N3O. The molecule has 4 aliphatic rings. The van der Waals surface area contributed by atoms with E-state index in [1.54, 1.807) is 0 Å². The van der Waals surface area contributed by atoms with E-state index in [0.717, 1.165) is 38.8 Å². The molecule has 0 radical (unpaired) electrons. The zero-order valence-corrected chi connectivity index (χ0v) is 13.3. The molecule has 2 fully saturated rings. The number of H-pyrrole nitrogens is 1. The number of rotatable bonds is 2. The van der Waals surface area contributed by atoms with E-state index in [-0.39, 0.29) is 5.54 Å². The van der Waals surface area contributed by atoms with Crippen molar-refractivity contribution < 1.29 is 4.79 Å². The first-order valence-electron chi connectivity index (χ1n) is 8.81. The molecule has 2 aromatic rings. The van der Waals surface area contributed by atoms with Crippen molar-refractivity contribution in [3.63, 3.8) is 0 Å². The zero-order valence-electron chi connectivity index (χ0n) is 13.3. The molecular weight excluding hydrogens is 286 g/mol. The number of aromatic nitrogens is 1. The van der Waals surface area contributed by atoms with Crippen molar-refractivity contribution in [3.05, 3.63) is 29.3 Å². The molecule has 4 heterocycles. The average molecular weight is 307 g/mol. The lowest BCUT2D eigenvalue weighted by Crippen LogP contribution is -2.38. The van der Waals surface area contributed by atoms with Crippen LogP contribution in [0.1, 0.15) is 55.6 Å². The first-order valence-corrected chi connectivity index (χ1v) is 8.81. The molecule has 118 valence electrons. The minimum atomic E-state index is -0.358. The highest BCUT2D eigenvalue weighted by molar-refractivity contribution is 5.93. The number of aromatic amines is 1. The van der Waals surface area contributed by atoms with E-state index in [2.05, 4.69) is 33.1 Å². The lowest BCUT2D eigenvalue weighted by molar-refractivity contribution is 0.459. The average Bonchev–Trinajstić information content (AvgIpc) is 3.22. The highest BCUT2D eigenvalue weighted by Gasteiger charge is 2.39. The molecule has 0 amide bonds. The van der Waals surface area contributed by atoms with Gasteiger partial charge in [-0.3, -0.25) is 0 Å². The fourth-order valence-electron chi connectivity index (χ4n) is 5.16. The summed E-state index contributed by atoms with van der Waals surface area (Å²) in [6, 6.07) is 6.54. The Bertz CT molecular complexity index is 816. The van der Waals surface area contributed by atoms with Crippen LogP contribution in [0.4, 0.5) is 5.82 Å². The minimum absolute atomic E-state index is 0.358. The Labute approximate surface area is 135 Å². The highest BCUT2D eigenvalue weighted by Crippen LogP contribution is 2.50. The van der Waals surface area contributed by atoms with Crippen LogP contribution in [0.2, 0.25) is 0 Å². The van der Waals surface area contributed by atoms with Gasteiger partial charge in [-0.15, -0.1) is 0 Å². The van der Waals surface area contributed by atoms with Gasteiger partial charge in [0, 0.05) is 29.6 Å². The van der Waals surface area contributed by atoms with Gasteiger partial charge in [0.15, 0.2) is 0 Å². The van der Waals surface area contributed by atoms with E-state index >= 15 is 0 Å². The van der Waals surface area contributed by atoms with Crippen molar-refractivity contribution >= 4 is 22.8 Å². The Hall–Kier alpha value is -2.06. The Kier molecular flexibility index (Phi) is 2.75. The van der Waals surface area contributed by atoms with Gasteiger partial charge in [-0.05, 0) is 31.6 Å². The molecule has 4 heteroatoms. The Morgan fingerprint density at radius 1 is 1.22 bits per heavy atom. The second-order valence-corrected chi connectivity index (χ2v) is 7.32. The molecule has 1 aromatic carbocycles. The SMILES string of the molecule is O=C=NC1(c2cccc3c4c([nH]c23)N2CCC4CC2)CCCC1. The van der Waals surface area contributed by atoms with Gasteiger partial charge in [0.25, 0.3) is 0 Å². The topological polar surface area (TPSA) is 48.5 Å². The van der Waals surface area contributed by atoms with Crippen LogP contribution >= 0.6 is 0 Å². The molecule has 4 nitrogen and oxygen atoms in total. The van der Waals surface area contributed by atoms with Gasteiger partial charge in [-0.1, -0.05) is 31.0 Å². The number of benzene rings is 1. The van der Waals surface area contributed by atoms with Gasteiger partial charge in [-0.2, -0.15) is 4.99 Å². The molecule has 23 heavy (non-hydrogen) atoms. The zero-order chi connectivity index (χ0) is 15.4. The first-order chi connectivity index (χ1) is 11.3. The van der Waals surface area contributed by atoms with Gasteiger partial charge in [0.2, 0.25) is 6.08 Å². The van der Waals surface area contributed by atoms with Crippen molar-refractivity contribution in [2.45, 2.75) is 50.0 Å². The van der Waals surface area contributed by atoms with E-state index in [9.17, 15) is 4.79 Å². The fourth-order valence-corrected chi connectivity index (χ4v) is 5.16. The predicted octanol–water partition coefficient (Wildman–Crippen LogP) is 3.97. The van der Waals surface area contributed by atoms with Crippen LogP contribution < -0.4 is 4.90 Å². The number of para-hydroxylation sites is 1. The Morgan fingerprint density at radius 3 is 2.74 bits per heavy atom. The molecule has 1 N–H and O–H groups in total. The Balaban J connectivity index is 1.78. The number of nitrogens with zero attached hydrogens (tertiary/aromatic N) is 2. The normalized spacial score (nSPS) is 22.3. The lowest BCUT2D eigenvalue weighted by atomic mass is 9.82. The number of nitrogens with one attached hydrogen (secondary N) is 1. The van der Waals surface area contributed by atoms with E-state index < -0.39 is 0 Å². The summed E-state index contributed by atoms with van der Waals surface area (Å²) >= 11 is 0. The van der Waals surface area contributed by atoms with Crippen molar-refractivity contribution in [2.24, 2.45) is 4.99 Å². The van der Waals surface area contributed by atoms with Gasteiger partial charge in [0.1, 0.15) is 11.4 Å². The molecule has 0 unspecified atom stereocenters. The van der Waals surface area contributed by atoms with Gasteiger partial charge in [0.05, 0.1) is 5.52 Å². The van der Waals surface area contributed by atoms with Crippen molar-refractivity contribution in [1.29, 1.82) is 0 Å². The van der Waals surface area contributed by atoms with Gasteiger partial charge < -0.3 is 9.88 Å². The number of anilines is 1. The molecule has 2 bridgehead atoms. The van der Waals surface area contributed by atoms with Crippen LogP contribution in [-0.4, -0.2) is 24.2 Å². The third-order valence-corrected chi connectivity index (χ3v) is 6.26. The standard InChI is InChI=1S/C19H21N3O/c23-12-20-19(8-1-2-9-19)15-5-3-4-14-16-13-6-10-22(11-7-13)18(16)21-17(14)15/h3-5,13,21H,1-2,6-11H2. The van der Waals surface area contributed by atoms with E-state index in [0.29, 0.717) is 5.92 Å². The smallest absolute Gasteiger partial charge is 0.235 e. The number of hydrogen-bond acceptors (Lipinski definition) is 3. The number of aliphatic imine (C=N–C) groups is 1. The number of carbonyl (C=O) groups excluding carboxylic acids is 1. The summed E-state index contributed by atoms with van der Waals surface area (Å²) in [5.74, 6) is 2.01. The maximum atomic E-state index is 11.1. The maximum absolute atomic E-state index is 11.1. The van der Waals surface area contributed by atoms with E-state index in [4.69, 9.17) is 0 Å². The maximum Gasteiger partial charge on any atom is 0.235 e.